The van der Waals surface area contributed by atoms with Crippen molar-refractivity contribution in [2.75, 3.05) is 26.8 Å². The maximum absolute atomic E-state index is 13.5. The smallest absolute Gasteiger partial charge is 0.460 e. The van der Waals surface area contributed by atoms with Crippen LogP contribution in [0.2, 0.25) is 0 Å². The normalized spacial score (nSPS) is 14.8. The second-order valence-electron chi connectivity index (χ2n) is 4.39. The minimum absolute atomic E-state index is 0.843. The van der Waals surface area contributed by atoms with Crippen molar-refractivity contribution in [2.45, 2.75) is 23.3 Å². The molecule has 0 aliphatic rings. The second-order valence-corrected chi connectivity index (χ2v) is 6.37. The molecule has 6 nitrogen and oxygen atoms in total. The molecular formula is C9H10F9NO5S. The lowest BCUT2D eigenvalue weighted by Gasteiger charge is -2.35. The quantitative estimate of drug-likeness (QED) is 0.581. The second kappa shape index (κ2) is 7.14. The number of halogens is 9. The van der Waals surface area contributed by atoms with Crippen LogP contribution in [-0.2, 0) is 19.6 Å². The summed E-state index contributed by atoms with van der Waals surface area (Å²) >= 11 is 0. The van der Waals surface area contributed by atoms with E-state index in [1.54, 1.807) is 0 Å². The van der Waals surface area contributed by atoms with Crippen LogP contribution in [0.15, 0.2) is 0 Å². The van der Waals surface area contributed by atoms with Gasteiger partial charge < -0.3 is 9.84 Å². The van der Waals surface area contributed by atoms with Crippen LogP contribution in [0.4, 0.5) is 39.5 Å². The predicted octanol–water partition coefficient (Wildman–Crippen LogP) is 1.77. The average Bonchev–Trinajstić information content (AvgIpc) is 2.40. The van der Waals surface area contributed by atoms with Crippen molar-refractivity contribution < 1.29 is 62.6 Å². The SMILES string of the molecule is COCCN(CC(=O)O)S(=O)(=O)C(F)(F)C(F)(F)C(F)(F)C(F)(F)F. The Morgan fingerprint density at radius 1 is 1.00 bits per heavy atom. The van der Waals surface area contributed by atoms with Gasteiger partial charge in [0, 0.05) is 13.7 Å². The van der Waals surface area contributed by atoms with E-state index >= 15 is 0 Å². The molecule has 0 rings (SSSR count). The van der Waals surface area contributed by atoms with Crippen LogP contribution in [0.25, 0.3) is 0 Å². The molecule has 0 fully saturated rings. The predicted molar refractivity (Wildman–Crippen MR) is 60.9 cm³/mol. The van der Waals surface area contributed by atoms with E-state index < -0.39 is 63.3 Å². The number of sulfonamides is 1. The summed E-state index contributed by atoms with van der Waals surface area (Å²) in [6, 6.07) is 0. The van der Waals surface area contributed by atoms with Gasteiger partial charge in [-0.25, -0.2) is 8.42 Å². The lowest BCUT2D eigenvalue weighted by atomic mass is 10.1. The number of alkyl halides is 9. The van der Waals surface area contributed by atoms with Crippen LogP contribution in [0, 0.1) is 0 Å². The Morgan fingerprint density at radius 3 is 1.76 bits per heavy atom. The summed E-state index contributed by atoms with van der Waals surface area (Å²) in [5, 5.41) is 1.41. The summed E-state index contributed by atoms with van der Waals surface area (Å²) in [7, 11) is -6.10. The van der Waals surface area contributed by atoms with E-state index in [-0.39, 0.29) is 0 Å². The monoisotopic (exact) mass is 415 g/mol. The third-order valence-corrected chi connectivity index (χ3v) is 4.53. The van der Waals surface area contributed by atoms with E-state index in [0.717, 1.165) is 7.11 Å². The summed E-state index contributed by atoms with van der Waals surface area (Å²) in [4.78, 5) is 10.4. The number of ether oxygens (including phenoxy) is 1. The van der Waals surface area contributed by atoms with Crippen molar-refractivity contribution in [1.29, 1.82) is 0 Å². The fourth-order valence-electron chi connectivity index (χ4n) is 1.31. The lowest BCUT2D eigenvalue weighted by molar-refractivity contribution is -0.382. The Kier molecular flexibility index (Phi) is 6.77. The summed E-state index contributed by atoms with van der Waals surface area (Å²) in [5.41, 5.74) is 0. The lowest BCUT2D eigenvalue weighted by Crippen LogP contribution is -2.65. The zero-order valence-electron chi connectivity index (χ0n) is 12.0. The van der Waals surface area contributed by atoms with Crippen molar-refractivity contribution in [3.05, 3.63) is 0 Å². The Balaban J connectivity index is 6.19. The number of carbonyl (C=O) groups is 1. The van der Waals surface area contributed by atoms with Crippen LogP contribution in [0.3, 0.4) is 0 Å². The van der Waals surface area contributed by atoms with E-state index in [2.05, 4.69) is 4.74 Å². The van der Waals surface area contributed by atoms with Gasteiger partial charge in [0.05, 0.1) is 6.61 Å². The third-order valence-electron chi connectivity index (χ3n) is 2.64. The Bertz CT molecular complexity index is 589. The van der Waals surface area contributed by atoms with Gasteiger partial charge in [-0.15, -0.1) is 0 Å². The van der Waals surface area contributed by atoms with Crippen molar-refractivity contribution in [1.82, 2.24) is 4.31 Å². The van der Waals surface area contributed by atoms with Gasteiger partial charge in [0.1, 0.15) is 6.54 Å². The molecule has 0 aromatic heterocycles. The Morgan fingerprint density at radius 2 is 1.44 bits per heavy atom. The summed E-state index contributed by atoms with van der Waals surface area (Å²) in [6.07, 6.45) is -7.21. The molecule has 0 aliphatic carbocycles. The van der Waals surface area contributed by atoms with Crippen LogP contribution in [0.1, 0.15) is 0 Å². The number of aliphatic carboxylic acids is 1. The first-order chi connectivity index (χ1) is 10.9. The van der Waals surface area contributed by atoms with Gasteiger partial charge in [-0.1, -0.05) is 0 Å². The van der Waals surface area contributed by atoms with Gasteiger partial charge >= 0.3 is 29.2 Å². The topological polar surface area (TPSA) is 83.9 Å². The molecule has 0 unspecified atom stereocenters. The molecule has 0 heterocycles. The molecule has 1 N–H and O–H groups in total. The third kappa shape index (κ3) is 4.11. The van der Waals surface area contributed by atoms with Crippen molar-refractivity contribution in [3.8, 4) is 0 Å². The highest BCUT2D eigenvalue weighted by molar-refractivity contribution is 7.90. The molecule has 25 heavy (non-hydrogen) atoms. The molecule has 150 valence electrons. The molecule has 0 saturated heterocycles. The molecule has 0 atom stereocenters. The summed E-state index contributed by atoms with van der Waals surface area (Å²) in [5.74, 6) is -17.0. The largest absolute Gasteiger partial charge is 0.480 e. The van der Waals surface area contributed by atoms with Gasteiger partial charge in [-0.05, 0) is 0 Å². The molecule has 16 heteroatoms. The number of hydrogen-bond donors (Lipinski definition) is 1. The minimum Gasteiger partial charge on any atom is -0.480 e. The van der Waals surface area contributed by atoms with E-state index in [4.69, 9.17) is 5.11 Å². The minimum atomic E-state index is -7.43. The highest BCUT2D eigenvalue weighted by Gasteiger charge is 2.85. The first-order valence-corrected chi connectivity index (χ1v) is 7.22. The van der Waals surface area contributed by atoms with Gasteiger partial charge in [0.15, 0.2) is 0 Å². The maximum atomic E-state index is 13.5. The van der Waals surface area contributed by atoms with Crippen LogP contribution in [0.5, 0.6) is 0 Å². The number of carboxylic acid groups (broad SMARTS) is 1. The van der Waals surface area contributed by atoms with E-state index in [1.807, 2.05) is 0 Å². The fraction of sp³-hybridized carbons (Fsp3) is 0.889. The number of rotatable bonds is 9. The highest BCUT2D eigenvalue weighted by atomic mass is 32.2. The number of hydrogen-bond acceptors (Lipinski definition) is 4. The summed E-state index contributed by atoms with van der Waals surface area (Å²) < 4.78 is 141. The zero-order chi connectivity index (χ0) is 20.5. The molecular weight excluding hydrogens is 405 g/mol. The number of carboxylic acids is 1. The van der Waals surface area contributed by atoms with Crippen molar-refractivity contribution >= 4 is 16.0 Å². The Hall–Kier alpha value is -1.29. The van der Waals surface area contributed by atoms with Gasteiger partial charge in [-0.3, -0.25) is 4.79 Å². The van der Waals surface area contributed by atoms with E-state index in [1.165, 1.54) is 0 Å². The first-order valence-electron chi connectivity index (χ1n) is 5.78. The van der Waals surface area contributed by atoms with Gasteiger partial charge in [-0.2, -0.15) is 43.8 Å². The Labute approximate surface area is 134 Å². The molecule has 0 aromatic carbocycles. The van der Waals surface area contributed by atoms with E-state index in [9.17, 15) is 52.7 Å². The first kappa shape index (κ1) is 23.7. The van der Waals surface area contributed by atoms with Crippen LogP contribution in [-0.4, -0.2) is 73.9 Å². The average molecular weight is 415 g/mol. The maximum Gasteiger partial charge on any atom is 0.460 e. The van der Waals surface area contributed by atoms with Gasteiger partial charge in [0.2, 0.25) is 0 Å². The molecule has 0 saturated carbocycles. The van der Waals surface area contributed by atoms with Gasteiger partial charge in [0.25, 0.3) is 10.0 Å². The van der Waals surface area contributed by atoms with Crippen LogP contribution < -0.4 is 0 Å². The number of methoxy groups -OCH3 is 1. The van der Waals surface area contributed by atoms with Crippen molar-refractivity contribution in [3.63, 3.8) is 0 Å². The molecule has 0 radical (unpaired) electrons. The number of nitrogens with zero attached hydrogens (tertiary/aromatic N) is 1. The standard InChI is InChI=1S/C9H10F9NO5S/c1-24-3-2-19(4-5(20)21)25(22,23)9(17,18)7(12,13)6(10,11)8(14,15)16/h2-4H2,1H3,(H,20,21). The molecule has 0 aromatic rings. The van der Waals surface area contributed by atoms with Crippen LogP contribution >= 0.6 is 0 Å². The van der Waals surface area contributed by atoms with Crippen molar-refractivity contribution in [2.24, 2.45) is 0 Å². The molecule has 0 amide bonds. The molecule has 0 bridgehead atoms. The fourth-order valence-corrected chi connectivity index (χ4v) is 2.68. The molecule has 0 aliphatic heterocycles. The van der Waals surface area contributed by atoms with E-state index in [0.29, 0.717) is 0 Å². The highest BCUT2D eigenvalue weighted by Crippen LogP contribution is 2.55. The molecule has 0 spiro atoms. The summed E-state index contributed by atoms with van der Waals surface area (Å²) in [6.45, 7) is -4.08. The zero-order valence-corrected chi connectivity index (χ0v) is 12.8.